The third kappa shape index (κ3) is 4.12. The maximum absolute atomic E-state index is 12.4. The summed E-state index contributed by atoms with van der Waals surface area (Å²) in [6.07, 6.45) is 1.17. The van der Waals surface area contributed by atoms with Crippen LogP contribution in [0.2, 0.25) is 0 Å². The van der Waals surface area contributed by atoms with Gasteiger partial charge in [0, 0.05) is 36.5 Å². The second-order valence-corrected chi connectivity index (χ2v) is 7.87. The first-order chi connectivity index (χ1) is 13.3. The molecule has 0 aromatic heterocycles. The second-order valence-electron chi connectivity index (χ2n) is 6.33. The summed E-state index contributed by atoms with van der Waals surface area (Å²) in [5.74, 6) is 0.110. The zero-order valence-electron chi connectivity index (χ0n) is 15.2. The topological polar surface area (TPSA) is 108 Å². The van der Waals surface area contributed by atoms with Gasteiger partial charge in [0.1, 0.15) is 0 Å². The van der Waals surface area contributed by atoms with Crippen molar-refractivity contribution in [2.24, 2.45) is 4.99 Å². The fourth-order valence-electron chi connectivity index (χ4n) is 2.90. The predicted octanol–water partition coefficient (Wildman–Crippen LogP) is 2.52. The zero-order valence-corrected chi connectivity index (χ0v) is 16.7. The lowest BCUT2D eigenvalue weighted by Crippen LogP contribution is -2.63. The number of allylic oxidation sites excluding steroid dienone is 1. The zero-order chi connectivity index (χ0) is 20.4. The van der Waals surface area contributed by atoms with Crippen LogP contribution in [-0.2, 0) is 10.5 Å². The normalized spacial score (nSPS) is 22.1. The van der Waals surface area contributed by atoms with Gasteiger partial charge in [-0.25, -0.2) is 9.79 Å². The summed E-state index contributed by atoms with van der Waals surface area (Å²) >= 11 is 7.35. The Morgan fingerprint density at radius 1 is 1.39 bits per heavy atom. The van der Waals surface area contributed by atoms with Gasteiger partial charge in [0.05, 0.1) is 4.92 Å². The highest BCUT2D eigenvalue weighted by Gasteiger charge is 2.48. The predicted molar refractivity (Wildman–Crippen MR) is 107 cm³/mol. The van der Waals surface area contributed by atoms with Crippen LogP contribution in [0.3, 0.4) is 0 Å². The number of nitrogens with zero attached hydrogens (tertiary/aromatic N) is 4. The number of urea groups is 1. The molecule has 148 valence electrons. The Balaban J connectivity index is 1.79. The highest BCUT2D eigenvalue weighted by Crippen LogP contribution is 2.30. The number of hydrogen-bond acceptors (Lipinski definition) is 7. The van der Waals surface area contributed by atoms with E-state index in [0.717, 1.165) is 5.56 Å². The SMILES string of the molecule is C/C(Cl)=C/CN1C(SCc2ccc([N+](=O)[O-])cc2)=NC2C1C(=O)NC(=O)N2C. The smallest absolute Gasteiger partial charge is 0.325 e. The molecule has 9 nitrogen and oxygen atoms in total. The van der Waals surface area contributed by atoms with E-state index in [1.54, 1.807) is 32.2 Å². The van der Waals surface area contributed by atoms with Crippen LogP contribution in [0.15, 0.2) is 40.4 Å². The van der Waals surface area contributed by atoms with Gasteiger partial charge in [-0.1, -0.05) is 41.6 Å². The Kier molecular flexibility index (Phi) is 5.90. The van der Waals surface area contributed by atoms with Crippen LogP contribution < -0.4 is 5.32 Å². The number of hydrogen-bond donors (Lipinski definition) is 1. The van der Waals surface area contributed by atoms with Crippen molar-refractivity contribution in [2.45, 2.75) is 24.9 Å². The van der Waals surface area contributed by atoms with E-state index in [0.29, 0.717) is 22.5 Å². The lowest BCUT2D eigenvalue weighted by molar-refractivity contribution is -0.384. The van der Waals surface area contributed by atoms with Crippen LogP contribution in [0.1, 0.15) is 12.5 Å². The highest BCUT2D eigenvalue weighted by molar-refractivity contribution is 8.13. The molecule has 3 rings (SSSR count). The minimum Gasteiger partial charge on any atom is -0.332 e. The number of thioether (sulfide) groups is 1. The Labute approximate surface area is 170 Å². The van der Waals surface area contributed by atoms with Crippen molar-refractivity contribution in [1.82, 2.24) is 15.1 Å². The number of nitrogens with one attached hydrogen (secondary N) is 1. The van der Waals surface area contributed by atoms with Crippen molar-refractivity contribution in [2.75, 3.05) is 13.6 Å². The number of nitro groups is 1. The molecule has 1 saturated heterocycles. The molecule has 0 aliphatic carbocycles. The van der Waals surface area contributed by atoms with Crippen molar-refractivity contribution >= 4 is 46.2 Å². The van der Waals surface area contributed by atoms with Gasteiger partial charge < -0.3 is 9.80 Å². The second kappa shape index (κ2) is 8.19. The van der Waals surface area contributed by atoms with Crippen molar-refractivity contribution < 1.29 is 14.5 Å². The van der Waals surface area contributed by atoms with Crippen LogP contribution in [-0.4, -0.2) is 57.6 Å². The largest absolute Gasteiger partial charge is 0.332 e. The molecule has 2 unspecified atom stereocenters. The molecule has 1 aromatic rings. The number of amidine groups is 1. The van der Waals surface area contributed by atoms with Crippen LogP contribution in [0.5, 0.6) is 0 Å². The molecule has 2 heterocycles. The lowest BCUT2D eigenvalue weighted by atomic mass is 10.1. The number of amides is 3. The Morgan fingerprint density at radius 2 is 2.07 bits per heavy atom. The average Bonchev–Trinajstić information content (AvgIpc) is 3.02. The molecule has 3 amide bonds. The van der Waals surface area contributed by atoms with Crippen LogP contribution >= 0.6 is 23.4 Å². The number of fused-ring (bicyclic) bond motifs is 1. The molecular formula is C17H18ClN5O4S. The Morgan fingerprint density at radius 3 is 2.68 bits per heavy atom. The van der Waals surface area contributed by atoms with E-state index in [-0.39, 0.29) is 5.69 Å². The number of nitro benzene ring substituents is 1. The molecule has 0 saturated carbocycles. The van der Waals surface area contributed by atoms with E-state index in [9.17, 15) is 19.7 Å². The van der Waals surface area contributed by atoms with Crippen LogP contribution in [0.25, 0.3) is 0 Å². The number of likely N-dealkylation sites (N-methyl/N-ethyl adjacent to an activating group) is 1. The molecule has 2 aliphatic rings. The van der Waals surface area contributed by atoms with Gasteiger partial charge in [0.25, 0.3) is 11.6 Å². The molecular weight excluding hydrogens is 406 g/mol. The van der Waals surface area contributed by atoms with E-state index in [1.165, 1.54) is 28.8 Å². The van der Waals surface area contributed by atoms with E-state index in [4.69, 9.17) is 11.6 Å². The quantitative estimate of drug-likeness (QED) is 0.575. The van der Waals surface area contributed by atoms with Crippen LogP contribution in [0.4, 0.5) is 10.5 Å². The minimum atomic E-state index is -0.630. The van der Waals surface area contributed by atoms with Crippen molar-refractivity contribution in [3.63, 3.8) is 0 Å². The average molecular weight is 424 g/mol. The summed E-state index contributed by atoms with van der Waals surface area (Å²) in [6, 6.07) is 5.15. The Hall–Kier alpha value is -2.59. The maximum atomic E-state index is 12.4. The molecule has 0 bridgehead atoms. The molecule has 1 fully saturated rings. The van der Waals surface area contributed by atoms with Gasteiger partial charge in [-0.3, -0.25) is 20.2 Å². The molecule has 1 N–H and O–H groups in total. The minimum absolute atomic E-state index is 0.0270. The number of non-ortho nitro benzene ring substituents is 1. The highest BCUT2D eigenvalue weighted by atomic mass is 35.5. The van der Waals surface area contributed by atoms with Gasteiger partial charge in [-0.15, -0.1) is 0 Å². The van der Waals surface area contributed by atoms with E-state index < -0.39 is 29.1 Å². The van der Waals surface area contributed by atoms with E-state index >= 15 is 0 Å². The van der Waals surface area contributed by atoms with Gasteiger partial charge in [0.2, 0.25) is 0 Å². The lowest BCUT2D eigenvalue weighted by Gasteiger charge is -2.35. The van der Waals surface area contributed by atoms with Gasteiger partial charge >= 0.3 is 6.03 Å². The fraction of sp³-hybridized carbons (Fsp3) is 0.353. The third-order valence-corrected chi connectivity index (χ3v) is 5.64. The molecule has 2 atom stereocenters. The number of halogens is 1. The number of carbonyl (C=O) groups excluding carboxylic acids is 2. The number of imide groups is 1. The third-order valence-electron chi connectivity index (χ3n) is 4.41. The van der Waals surface area contributed by atoms with Crippen molar-refractivity contribution in [3.05, 3.63) is 51.1 Å². The first-order valence-electron chi connectivity index (χ1n) is 8.38. The van der Waals surface area contributed by atoms with Gasteiger partial charge in [-0.2, -0.15) is 0 Å². The fourth-order valence-corrected chi connectivity index (χ4v) is 3.99. The summed E-state index contributed by atoms with van der Waals surface area (Å²) in [4.78, 5) is 42.4. The molecule has 0 spiro atoms. The first kappa shape index (κ1) is 20.2. The van der Waals surface area contributed by atoms with Crippen molar-refractivity contribution in [1.29, 1.82) is 0 Å². The number of rotatable bonds is 5. The molecule has 0 radical (unpaired) electrons. The van der Waals surface area contributed by atoms with Crippen LogP contribution in [0, 0.1) is 10.1 Å². The summed E-state index contributed by atoms with van der Waals surface area (Å²) < 4.78 is 0. The molecule has 2 aliphatic heterocycles. The number of aliphatic imine (C=N–C) groups is 1. The summed E-state index contributed by atoms with van der Waals surface area (Å²) in [5.41, 5.74) is 0.908. The molecule has 1 aromatic carbocycles. The van der Waals surface area contributed by atoms with Gasteiger partial charge in [0.15, 0.2) is 17.4 Å². The Bertz CT molecular complexity index is 869. The molecule has 28 heavy (non-hydrogen) atoms. The van der Waals surface area contributed by atoms with E-state index in [2.05, 4.69) is 10.3 Å². The van der Waals surface area contributed by atoms with Gasteiger partial charge in [-0.05, 0) is 12.5 Å². The number of carbonyl (C=O) groups is 2. The standard InChI is InChI=1S/C17H18ClN5O4S/c1-10(18)7-8-22-13-14(21(2)16(25)20-15(13)24)19-17(22)28-9-11-3-5-12(6-4-11)23(26)27/h3-7,13-14H,8-9H2,1-2H3,(H,20,24,25)/b10-7-. The monoisotopic (exact) mass is 423 g/mol. The summed E-state index contributed by atoms with van der Waals surface area (Å²) in [6.45, 7) is 2.12. The summed E-state index contributed by atoms with van der Waals surface area (Å²) in [7, 11) is 1.59. The maximum Gasteiger partial charge on any atom is 0.325 e. The van der Waals surface area contributed by atoms with Crippen molar-refractivity contribution in [3.8, 4) is 0 Å². The number of benzene rings is 1. The first-order valence-corrected chi connectivity index (χ1v) is 9.75. The summed E-state index contributed by atoms with van der Waals surface area (Å²) in [5, 5.41) is 14.3. The molecule has 11 heteroatoms. The van der Waals surface area contributed by atoms with E-state index in [1.807, 2.05) is 4.90 Å².